The van der Waals surface area contributed by atoms with Crippen molar-refractivity contribution in [3.63, 3.8) is 0 Å². The van der Waals surface area contributed by atoms with Gasteiger partial charge in [-0.3, -0.25) is 0 Å². The van der Waals surface area contributed by atoms with Crippen molar-refractivity contribution in [1.82, 2.24) is 5.32 Å². The summed E-state index contributed by atoms with van der Waals surface area (Å²) in [5.41, 5.74) is -0.507. The number of alkyl halides is 2. The molecule has 0 spiro atoms. The normalized spacial score (nSPS) is 12.5. The van der Waals surface area contributed by atoms with Gasteiger partial charge in [0.15, 0.2) is 0 Å². The minimum Gasteiger partial charge on any atom is -0.368 e. The van der Waals surface area contributed by atoms with Crippen molar-refractivity contribution in [1.29, 1.82) is 0 Å². The highest BCUT2D eigenvalue weighted by Crippen LogP contribution is 2.09. The molecule has 0 aromatic carbocycles. The fourth-order valence-corrected chi connectivity index (χ4v) is 0.766. The van der Waals surface area contributed by atoms with E-state index >= 15 is 0 Å². The van der Waals surface area contributed by atoms with Crippen LogP contribution in [0, 0.1) is 0 Å². The van der Waals surface area contributed by atoms with Crippen LogP contribution in [-0.2, 0) is 4.74 Å². The highest BCUT2D eigenvalue weighted by molar-refractivity contribution is 4.71. The maximum Gasteiger partial charge on any atom is 0.261 e. The van der Waals surface area contributed by atoms with Crippen LogP contribution >= 0.6 is 0 Å². The van der Waals surface area contributed by atoms with Crippen molar-refractivity contribution in [2.24, 2.45) is 0 Å². The SMILES string of the molecule is CCNCC(C)(C)OCC(F)F. The Bertz CT molecular complexity index is 118. The maximum absolute atomic E-state index is 11.7. The Balaban J connectivity index is 3.56. The summed E-state index contributed by atoms with van der Waals surface area (Å²) in [6.07, 6.45) is -2.38. The largest absolute Gasteiger partial charge is 0.368 e. The number of nitrogens with one attached hydrogen (secondary N) is 1. The molecule has 0 aliphatic carbocycles. The van der Waals surface area contributed by atoms with Gasteiger partial charge in [0.1, 0.15) is 6.61 Å². The van der Waals surface area contributed by atoms with Crippen LogP contribution in [0.5, 0.6) is 0 Å². The van der Waals surface area contributed by atoms with E-state index in [1.807, 2.05) is 6.92 Å². The van der Waals surface area contributed by atoms with E-state index in [4.69, 9.17) is 4.74 Å². The fourth-order valence-electron chi connectivity index (χ4n) is 0.766. The van der Waals surface area contributed by atoms with Crippen LogP contribution in [0.25, 0.3) is 0 Å². The maximum atomic E-state index is 11.7. The van der Waals surface area contributed by atoms with Crippen LogP contribution in [0.1, 0.15) is 20.8 Å². The average molecular weight is 181 g/mol. The van der Waals surface area contributed by atoms with E-state index in [-0.39, 0.29) is 0 Å². The van der Waals surface area contributed by atoms with Crippen LogP contribution in [0.4, 0.5) is 8.78 Å². The Morgan fingerprint density at radius 3 is 2.42 bits per heavy atom. The number of ether oxygens (including phenoxy) is 1. The molecule has 0 aliphatic rings. The van der Waals surface area contributed by atoms with E-state index in [0.717, 1.165) is 6.54 Å². The summed E-state index contributed by atoms with van der Waals surface area (Å²) < 4.78 is 28.5. The fraction of sp³-hybridized carbons (Fsp3) is 1.00. The van der Waals surface area contributed by atoms with Crippen molar-refractivity contribution in [2.75, 3.05) is 19.7 Å². The molecule has 0 saturated heterocycles. The quantitative estimate of drug-likeness (QED) is 0.672. The Morgan fingerprint density at radius 2 is 2.00 bits per heavy atom. The zero-order chi connectivity index (χ0) is 9.61. The molecule has 0 heterocycles. The van der Waals surface area contributed by atoms with E-state index < -0.39 is 18.6 Å². The lowest BCUT2D eigenvalue weighted by molar-refractivity contribution is -0.0682. The van der Waals surface area contributed by atoms with E-state index in [9.17, 15) is 8.78 Å². The second kappa shape index (κ2) is 5.43. The van der Waals surface area contributed by atoms with Crippen molar-refractivity contribution in [2.45, 2.75) is 32.8 Å². The van der Waals surface area contributed by atoms with E-state index in [1.54, 1.807) is 13.8 Å². The minimum atomic E-state index is -2.38. The molecule has 0 amide bonds. The third-order valence-electron chi connectivity index (χ3n) is 1.40. The molecule has 0 saturated carbocycles. The lowest BCUT2D eigenvalue weighted by atomic mass is 10.1. The number of halogens is 2. The lowest BCUT2D eigenvalue weighted by Gasteiger charge is -2.25. The van der Waals surface area contributed by atoms with Crippen molar-refractivity contribution in [3.05, 3.63) is 0 Å². The first kappa shape index (κ1) is 11.8. The highest BCUT2D eigenvalue weighted by Gasteiger charge is 2.19. The van der Waals surface area contributed by atoms with Gasteiger partial charge in [0.2, 0.25) is 0 Å². The smallest absolute Gasteiger partial charge is 0.261 e. The topological polar surface area (TPSA) is 21.3 Å². The van der Waals surface area contributed by atoms with Crippen molar-refractivity contribution >= 4 is 0 Å². The minimum absolute atomic E-state index is 0.488. The number of rotatable bonds is 6. The standard InChI is InChI=1S/C8H17F2NO/c1-4-11-6-8(2,3)12-5-7(9)10/h7,11H,4-6H2,1-3H3. The van der Waals surface area contributed by atoms with Gasteiger partial charge in [0.05, 0.1) is 5.60 Å². The van der Waals surface area contributed by atoms with Gasteiger partial charge in [0.25, 0.3) is 6.43 Å². The third kappa shape index (κ3) is 6.49. The predicted octanol–water partition coefficient (Wildman–Crippen LogP) is 1.66. The summed E-state index contributed by atoms with van der Waals surface area (Å²) in [4.78, 5) is 0. The molecule has 2 nitrogen and oxygen atoms in total. The summed E-state index contributed by atoms with van der Waals surface area (Å²) in [5, 5.41) is 3.04. The molecule has 0 unspecified atom stereocenters. The van der Waals surface area contributed by atoms with Crippen molar-refractivity contribution < 1.29 is 13.5 Å². The molecule has 4 heteroatoms. The summed E-state index contributed by atoms with van der Waals surface area (Å²) in [5.74, 6) is 0. The first-order valence-corrected chi connectivity index (χ1v) is 4.11. The molecule has 0 bridgehead atoms. The van der Waals surface area contributed by atoms with Gasteiger partial charge in [-0.25, -0.2) is 8.78 Å². The Morgan fingerprint density at radius 1 is 1.42 bits per heavy atom. The molecule has 1 N–H and O–H groups in total. The van der Waals surface area contributed by atoms with Gasteiger partial charge in [0, 0.05) is 6.54 Å². The summed E-state index contributed by atoms with van der Waals surface area (Å²) >= 11 is 0. The van der Waals surface area contributed by atoms with E-state index in [1.165, 1.54) is 0 Å². The molecular formula is C8H17F2NO. The molecule has 0 aliphatic heterocycles. The van der Waals surface area contributed by atoms with Gasteiger partial charge in [-0.1, -0.05) is 6.92 Å². The first-order chi connectivity index (χ1) is 5.48. The van der Waals surface area contributed by atoms with Gasteiger partial charge in [-0.2, -0.15) is 0 Å². The lowest BCUT2D eigenvalue weighted by Crippen LogP contribution is -2.38. The second-order valence-corrected chi connectivity index (χ2v) is 3.24. The van der Waals surface area contributed by atoms with Gasteiger partial charge >= 0.3 is 0 Å². The van der Waals surface area contributed by atoms with E-state index in [0.29, 0.717) is 6.54 Å². The summed E-state index contributed by atoms with van der Waals surface area (Å²) in [6, 6.07) is 0. The van der Waals surface area contributed by atoms with Gasteiger partial charge in [-0.05, 0) is 20.4 Å². The molecule has 74 valence electrons. The first-order valence-electron chi connectivity index (χ1n) is 4.11. The molecule has 12 heavy (non-hydrogen) atoms. The third-order valence-corrected chi connectivity index (χ3v) is 1.40. The monoisotopic (exact) mass is 181 g/mol. The molecule has 0 rings (SSSR count). The Kier molecular flexibility index (Phi) is 5.33. The molecule has 0 fully saturated rings. The highest BCUT2D eigenvalue weighted by atomic mass is 19.3. The van der Waals surface area contributed by atoms with Crippen LogP contribution < -0.4 is 5.32 Å². The zero-order valence-corrected chi connectivity index (χ0v) is 7.86. The summed E-state index contributed by atoms with van der Waals surface area (Å²) in [7, 11) is 0. The van der Waals surface area contributed by atoms with Crippen LogP contribution in [0.2, 0.25) is 0 Å². The Hall–Kier alpha value is -0.220. The van der Waals surface area contributed by atoms with Gasteiger partial charge < -0.3 is 10.1 Å². The molecule has 0 aromatic rings. The van der Waals surface area contributed by atoms with E-state index in [2.05, 4.69) is 5.32 Å². The van der Waals surface area contributed by atoms with Crippen LogP contribution in [0.3, 0.4) is 0 Å². The zero-order valence-electron chi connectivity index (χ0n) is 7.86. The second-order valence-electron chi connectivity index (χ2n) is 3.24. The van der Waals surface area contributed by atoms with Crippen LogP contribution in [0.15, 0.2) is 0 Å². The van der Waals surface area contributed by atoms with Crippen molar-refractivity contribution in [3.8, 4) is 0 Å². The average Bonchev–Trinajstić information content (AvgIpc) is 1.98. The number of likely N-dealkylation sites (N-methyl/N-ethyl adjacent to an activating group) is 1. The number of hydrogen-bond donors (Lipinski definition) is 1. The summed E-state index contributed by atoms with van der Waals surface area (Å²) in [6.45, 7) is 6.47. The molecule has 0 aromatic heterocycles. The predicted molar refractivity (Wildman–Crippen MR) is 44.6 cm³/mol. The Labute approximate surface area is 72.3 Å². The molecule has 0 radical (unpaired) electrons. The molecular weight excluding hydrogens is 164 g/mol. The number of hydrogen-bond acceptors (Lipinski definition) is 2. The molecule has 0 atom stereocenters. The van der Waals surface area contributed by atoms with Crippen LogP contribution in [-0.4, -0.2) is 31.7 Å². The van der Waals surface area contributed by atoms with Gasteiger partial charge in [-0.15, -0.1) is 0 Å².